The first-order valence-corrected chi connectivity index (χ1v) is 6.10. The molecule has 2 rings (SSSR count). The van der Waals surface area contributed by atoms with Crippen molar-refractivity contribution in [1.82, 2.24) is 4.90 Å². The van der Waals surface area contributed by atoms with E-state index in [4.69, 9.17) is 0 Å². The number of nitrogens with zero attached hydrogens (tertiary/aromatic N) is 1. The lowest BCUT2D eigenvalue weighted by Crippen LogP contribution is -2.20. The molecule has 0 aromatic heterocycles. The molecular formula is C15H19NO. The van der Waals surface area contributed by atoms with Gasteiger partial charge in [-0.2, -0.15) is 0 Å². The minimum atomic E-state index is 0.386. The van der Waals surface area contributed by atoms with Crippen molar-refractivity contribution in [3.05, 3.63) is 42.0 Å². The highest BCUT2D eigenvalue weighted by Crippen LogP contribution is 2.28. The van der Waals surface area contributed by atoms with Gasteiger partial charge in [0.25, 0.3) is 0 Å². The first-order valence-electron chi connectivity index (χ1n) is 6.10. The van der Waals surface area contributed by atoms with Gasteiger partial charge in [-0.1, -0.05) is 37.3 Å². The van der Waals surface area contributed by atoms with E-state index >= 15 is 0 Å². The number of rotatable bonds is 4. The van der Waals surface area contributed by atoms with E-state index < -0.39 is 0 Å². The lowest BCUT2D eigenvalue weighted by Gasteiger charge is -2.15. The quantitative estimate of drug-likeness (QED) is 0.871. The Morgan fingerprint density at radius 2 is 1.82 bits per heavy atom. The largest absolute Gasteiger partial charge is 0.507 e. The van der Waals surface area contributed by atoms with Crippen LogP contribution in [0, 0.1) is 0 Å². The molecule has 0 radical (unpaired) electrons. The molecule has 2 aromatic rings. The Bertz CT molecular complexity index is 502. The van der Waals surface area contributed by atoms with Gasteiger partial charge in [0.1, 0.15) is 5.75 Å². The third kappa shape index (κ3) is 2.59. The number of phenolic OH excluding ortho intramolecular Hbond substituents is 1. The molecule has 0 amide bonds. The second-order valence-electron chi connectivity index (χ2n) is 4.44. The maximum Gasteiger partial charge on any atom is 0.123 e. The predicted octanol–water partition coefficient (Wildman–Crippen LogP) is 3.04. The van der Waals surface area contributed by atoms with Gasteiger partial charge in [-0.15, -0.1) is 0 Å². The lowest BCUT2D eigenvalue weighted by atomic mass is 10.0. The summed E-state index contributed by atoms with van der Waals surface area (Å²) in [5, 5.41) is 12.1. The van der Waals surface area contributed by atoms with Crippen molar-refractivity contribution < 1.29 is 5.11 Å². The minimum absolute atomic E-state index is 0.386. The molecule has 0 atom stereocenters. The monoisotopic (exact) mass is 229 g/mol. The molecule has 17 heavy (non-hydrogen) atoms. The smallest absolute Gasteiger partial charge is 0.123 e. The Labute approximate surface area is 102 Å². The van der Waals surface area contributed by atoms with E-state index in [1.54, 1.807) is 6.07 Å². The summed E-state index contributed by atoms with van der Waals surface area (Å²) < 4.78 is 0. The number of fused-ring (bicyclic) bond motifs is 1. The molecule has 0 bridgehead atoms. The summed E-state index contributed by atoms with van der Waals surface area (Å²) in [5.41, 5.74) is 1.22. The molecule has 0 saturated carbocycles. The molecule has 0 heterocycles. The van der Waals surface area contributed by atoms with Crippen LogP contribution in [0.4, 0.5) is 0 Å². The maximum absolute atomic E-state index is 9.96. The molecule has 0 fully saturated rings. The van der Waals surface area contributed by atoms with E-state index in [0.717, 1.165) is 30.3 Å². The Morgan fingerprint density at radius 1 is 1.12 bits per heavy atom. The lowest BCUT2D eigenvalue weighted by molar-refractivity contribution is 0.358. The minimum Gasteiger partial charge on any atom is -0.507 e. The fraction of sp³-hybridized carbons (Fsp3) is 0.333. The number of hydrogen-bond acceptors (Lipinski definition) is 2. The highest BCUT2D eigenvalue weighted by molar-refractivity contribution is 5.91. The highest BCUT2D eigenvalue weighted by atomic mass is 16.3. The normalized spacial score (nSPS) is 11.2. The Balaban J connectivity index is 2.33. The second-order valence-corrected chi connectivity index (χ2v) is 4.44. The zero-order chi connectivity index (χ0) is 12.3. The molecule has 2 nitrogen and oxygen atoms in total. The molecule has 0 aliphatic carbocycles. The van der Waals surface area contributed by atoms with Crippen molar-refractivity contribution in [3.8, 4) is 5.75 Å². The van der Waals surface area contributed by atoms with E-state index in [1.807, 2.05) is 18.2 Å². The van der Waals surface area contributed by atoms with Crippen molar-refractivity contribution in [2.75, 3.05) is 20.1 Å². The van der Waals surface area contributed by atoms with Crippen LogP contribution in [0.15, 0.2) is 36.4 Å². The SMILES string of the molecule is CCN(C)CCc1cccc2cccc(O)c12. The fourth-order valence-electron chi connectivity index (χ4n) is 2.08. The summed E-state index contributed by atoms with van der Waals surface area (Å²) in [6, 6.07) is 11.9. The second kappa shape index (κ2) is 5.19. The summed E-state index contributed by atoms with van der Waals surface area (Å²) in [6.07, 6.45) is 0.971. The molecule has 1 N–H and O–H groups in total. The van der Waals surface area contributed by atoms with Crippen molar-refractivity contribution >= 4 is 10.8 Å². The zero-order valence-corrected chi connectivity index (χ0v) is 10.5. The summed E-state index contributed by atoms with van der Waals surface area (Å²) in [7, 11) is 2.12. The van der Waals surface area contributed by atoms with Crippen molar-refractivity contribution in [2.45, 2.75) is 13.3 Å². The van der Waals surface area contributed by atoms with Crippen LogP contribution in [0.25, 0.3) is 10.8 Å². The third-order valence-corrected chi connectivity index (χ3v) is 3.27. The third-order valence-electron chi connectivity index (χ3n) is 3.27. The number of aromatic hydroxyl groups is 1. The fourth-order valence-corrected chi connectivity index (χ4v) is 2.08. The first kappa shape index (κ1) is 11.9. The number of likely N-dealkylation sites (N-methyl/N-ethyl adjacent to an activating group) is 1. The Morgan fingerprint density at radius 3 is 2.53 bits per heavy atom. The van der Waals surface area contributed by atoms with Crippen LogP contribution in [0.3, 0.4) is 0 Å². The topological polar surface area (TPSA) is 23.5 Å². The van der Waals surface area contributed by atoms with Crippen LogP contribution in [0.2, 0.25) is 0 Å². The van der Waals surface area contributed by atoms with Gasteiger partial charge in [-0.25, -0.2) is 0 Å². The average molecular weight is 229 g/mol. The van der Waals surface area contributed by atoms with Gasteiger partial charge in [0, 0.05) is 11.9 Å². The predicted molar refractivity (Wildman–Crippen MR) is 72.5 cm³/mol. The van der Waals surface area contributed by atoms with Crippen LogP contribution >= 0.6 is 0 Å². The van der Waals surface area contributed by atoms with Crippen LogP contribution < -0.4 is 0 Å². The standard InChI is InChI=1S/C15H19NO/c1-3-16(2)11-10-13-7-4-6-12-8-5-9-14(17)15(12)13/h4-9,17H,3,10-11H2,1-2H3. The Kier molecular flexibility index (Phi) is 3.64. The number of hydrogen-bond donors (Lipinski definition) is 1. The molecule has 0 aliphatic heterocycles. The van der Waals surface area contributed by atoms with Gasteiger partial charge in [-0.05, 0) is 37.0 Å². The summed E-state index contributed by atoms with van der Waals surface area (Å²) in [4.78, 5) is 2.28. The molecular weight excluding hydrogens is 210 g/mol. The summed E-state index contributed by atoms with van der Waals surface area (Å²) in [6.45, 7) is 4.22. The van der Waals surface area contributed by atoms with Gasteiger partial charge in [0.05, 0.1) is 0 Å². The molecule has 0 unspecified atom stereocenters. The van der Waals surface area contributed by atoms with Crippen LogP contribution in [0.5, 0.6) is 5.75 Å². The van der Waals surface area contributed by atoms with Gasteiger partial charge in [0.2, 0.25) is 0 Å². The molecule has 0 spiro atoms. The molecule has 0 aliphatic rings. The van der Waals surface area contributed by atoms with E-state index in [2.05, 4.69) is 31.0 Å². The van der Waals surface area contributed by atoms with Gasteiger partial charge in [0.15, 0.2) is 0 Å². The van der Waals surface area contributed by atoms with E-state index in [0.29, 0.717) is 5.75 Å². The van der Waals surface area contributed by atoms with Crippen LogP contribution in [0.1, 0.15) is 12.5 Å². The first-order chi connectivity index (χ1) is 8.22. The highest BCUT2D eigenvalue weighted by Gasteiger charge is 2.05. The van der Waals surface area contributed by atoms with E-state index in [-0.39, 0.29) is 0 Å². The van der Waals surface area contributed by atoms with Crippen LogP contribution in [-0.2, 0) is 6.42 Å². The molecule has 2 heteroatoms. The van der Waals surface area contributed by atoms with Crippen LogP contribution in [-0.4, -0.2) is 30.1 Å². The Hall–Kier alpha value is -1.54. The zero-order valence-electron chi connectivity index (χ0n) is 10.5. The van der Waals surface area contributed by atoms with Crippen molar-refractivity contribution in [2.24, 2.45) is 0 Å². The van der Waals surface area contributed by atoms with E-state index in [1.165, 1.54) is 5.56 Å². The number of benzene rings is 2. The molecule has 90 valence electrons. The summed E-state index contributed by atoms with van der Waals surface area (Å²) >= 11 is 0. The van der Waals surface area contributed by atoms with Crippen molar-refractivity contribution in [1.29, 1.82) is 0 Å². The van der Waals surface area contributed by atoms with E-state index in [9.17, 15) is 5.11 Å². The number of phenols is 1. The van der Waals surface area contributed by atoms with Gasteiger partial charge in [-0.3, -0.25) is 0 Å². The van der Waals surface area contributed by atoms with Gasteiger partial charge < -0.3 is 10.0 Å². The summed E-state index contributed by atoms with van der Waals surface area (Å²) in [5.74, 6) is 0.386. The molecule has 0 saturated heterocycles. The molecule has 2 aromatic carbocycles. The van der Waals surface area contributed by atoms with Crippen molar-refractivity contribution in [3.63, 3.8) is 0 Å². The van der Waals surface area contributed by atoms with Gasteiger partial charge >= 0.3 is 0 Å². The average Bonchev–Trinajstić information content (AvgIpc) is 2.36. The maximum atomic E-state index is 9.96.